The number of carboxylic acids is 1. The Labute approximate surface area is 162 Å². The summed E-state index contributed by atoms with van der Waals surface area (Å²) in [7, 11) is 3.14. The molecule has 0 saturated carbocycles. The van der Waals surface area contributed by atoms with Gasteiger partial charge in [0.05, 0.1) is 26.3 Å². The van der Waals surface area contributed by atoms with Crippen LogP contribution in [0.2, 0.25) is 0 Å². The molecule has 1 heterocycles. The van der Waals surface area contributed by atoms with E-state index in [-0.39, 0.29) is 24.9 Å². The number of hydrogen-bond donors (Lipinski definition) is 1. The van der Waals surface area contributed by atoms with Crippen LogP contribution < -0.4 is 9.47 Å². The van der Waals surface area contributed by atoms with Gasteiger partial charge < -0.3 is 19.5 Å². The van der Waals surface area contributed by atoms with Gasteiger partial charge in [-0.2, -0.15) is 0 Å². The zero-order valence-corrected chi connectivity index (χ0v) is 16.7. The Morgan fingerprint density at radius 2 is 1.96 bits per heavy atom. The highest BCUT2D eigenvalue weighted by Crippen LogP contribution is 2.33. The largest absolute Gasteiger partial charge is 0.493 e. The van der Waals surface area contributed by atoms with E-state index in [2.05, 4.69) is 4.98 Å². The summed E-state index contributed by atoms with van der Waals surface area (Å²) in [6.07, 6.45) is 0.758. The third-order valence-electron chi connectivity index (χ3n) is 4.26. The van der Waals surface area contributed by atoms with Crippen molar-refractivity contribution in [1.82, 2.24) is 9.88 Å². The van der Waals surface area contributed by atoms with Crippen LogP contribution in [-0.4, -0.2) is 53.7 Å². The summed E-state index contributed by atoms with van der Waals surface area (Å²) in [4.78, 5) is 29.5. The van der Waals surface area contributed by atoms with Gasteiger partial charge in [0, 0.05) is 17.0 Å². The molecule has 0 aliphatic carbocycles. The molecule has 0 aliphatic heterocycles. The number of amides is 1. The maximum absolute atomic E-state index is 12.6. The van der Waals surface area contributed by atoms with Crippen molar-refractivity contribution < 1.29 is 24.2 Å². The van der Waals surface area contributed by atoms with Crippen LogP contribution in [0.5, 0.6) is 11.5 Å². The topological polar surface area (TPSA) is 89.0 Å². The Hall–Kier alpha value is -2.61. The minimum Gasteiger partial charge on any atom is -0.493 e. The minimum atomic E-state index is -1.02. The lowest BCUT2D eigenvalue weighted by molar-refractivity contribution is -0.145. The van der Waals surface area contributed by atoms with E-state index in [1.54, 1.807) is 20.3 Å². The van der Waals surface area contributed by atoms with Crippen LogP contribution in [0.25, 0.3) is 10.6 Å². The molecule has 0 aliphatic rings. The van der Waals surface area contributed by atoms with Crippen LogP contribution in [0.1, 0.15) is 26.0 Å². The van der Waals surface area contributed by atoms with Crippen molar-refractivity contribution in [3.05, 3.63) is 29.3 Å². The lowest BCUT2D eigenvalue weighted by Gasteiger charge is -2.26. The molecule has 1 aromatic carbocycles. The lowest BCUT2D eigenvalue weighted by atomic mass is 10.2. The zero-order valence-electron chi connectivity index (χ0n) is 15.9. The van der Waals surface area contributed by atoms with Crippen molar-refractivity contribution in [3.8, 4) is 22.1 Å². The van der Waals surface area contributed by atoms with Crippen LogP contribution in [0.3, 0.4) is 0 Å². The second-order valence-corrected chi connectivity index (χ2v) is 6.92. The Morgan fingerprint density at radius 1 is 1.26 bits per heavy atom. The average molecular weight is 392 g/mol. The molecule has 0 radical (unpaired) electrons. The van der Waals surface area contributed by atoms with E-state index >= 15 is 0 Å². The van der Waals surface area contributed by atoms with Gasteiger partial charge in [-0.3, -0.25) is 9.59 Å². The SMILES string of the molecule is CCC(C)N(CC(=O)O)C(=O)Cc1csc(-c2ccc(OC)c(OC)c2)n1. The zero-order chi connectivity index (χ0) is 20.0. The molecule has 0 spiro atoms. The van der Waals surface area contributed by atoms with Crippen LogP contribution >= 0.6 is 11.3 Å². The first kappa shape index (κ1) is 20.7. The molecule has 146 valence electrons. The molecule has 0 bridgehead atoms. The van der Waals surface area contributed by atoms with Gasteiger partial charge in [0.15, 0.2) is 11.5 Å². The molecule has 2 rings (SSSR count). The quantitative estimate of drug-likeness (QED) is 0.705. The number of ether oxygens (including phenoxy) is 2. The molecule has 8 heteroatoms. The van der Waals surface area contributed by atoms with Gasteiger partial charge in [0.25, 0.3) is 0 Å². The van der Waals surface area contributed by atoms with E-state index < -0.39 is 5.97 Å². The van der Waals surface area contributed by atoms with E-state index in [0.717, 1.165) is 10.6 Å². The fourth-order valence-corrected chi connectivity index (χ4v) is 3.42. The molecule has 0 saturated heterocycles. The number of nitrogens with zero attached hydrogens (tertiary/aromatic N) is 2. The van der Waals surface area contributed by atoms with Gasteiger partial charge in [0.1, 0.15) is 11.6 Å². The fraction of sp³-hybridized carbons (Fsp3) is 0.421. The first-order valence-electron chi connectivity index (χ1n) is 8.57. The first-order valence-corrected chi connectivity index (χ1v) is 9.45. The van der Waals surface area contributed by atoms with Crippen molar-refractivity contribution in [2.45, 2.75) is 32.7 Å². The smallest absolute Gasteiger partial charge is 0.323 e. The molecule has 1 atom stereocenters. The number of thiazole rings is 1. The number of aromatic nitrogens is 1. The minimum absolute atomic E-state index is 0.0708. The number of methoxy groups -OCH3 is 2. The number of rotatable bonds is 9. The monoisotopic (exact) mass is 392 g/mol. The third-order valence-corrected chi connectivity index (χ3v) is 5.20. The van der Waals surface area contributed by atoms with Gasteiger partial charge in [0.2, 0.25) is 5.91 Å². The normalized spacial score (nSPS) is 11.7. The number of carbonyl (C=O) groups excluding carboxylic acids is 1. The maximum atomic E-state index is 12.6. The standard InChI is InChI=1S/C19H24N2O5S/c1-5-12(2)21(10-18(23)24)17(22)9-14-11-27-19(20-14)13-6-7-15(25-3)16(8-13)26-4/h6-8,11-12H,5,9-10H2,1-4H3,(H,23,24). The number of aliphatic carboxylic acids is 1. The molecular weight excluding hydrogens is 368 g/mol. The average Bonchev–Trinajstić information content (AvgIpc) is 3.13. The summed E-state index contributed by atoms with van der Waals surface area (Å²) in [6, 6.07) is 5.37. The number of benzene rings is 1. The summed E-state index contributed by atoms with van der Waals surface area (Å²) in [5.74, 6) is -0.0258. The number of hydrogen-bond acceptors (Lipinski definition) is 6. The van der Waals surface area contributed by atoms with Crippen molar-refractivity contribution in [2.24, 2.45) is 0 Å². The molecule has 2 aromatic rings. The summed E-state index contributed by atoms with van der Waals surface area (Å²) in [5.41, 5.74) is 1.48. The molecular formula is C19H24N2O5S. The summed E-state index contributed by atoms with van der Waals surface area (Å²) in [6.45, 7) is 3.46. The van der Waals surface area contributed by atoms with E-state index in [9.17, 15) is 9.59 Å². The Kier molecular flexibility index (Phi) is 7.18. The Morgan fingerprint density at radius 3 is 2.56 bits per heavy atom. The lowest BCUT2D eigenvalue weighted by Crippen LogP contribution is -2.42. The fourth-order valence-electron chi connectivity index (χ4n) is 2.60. The second-order valence-electron chi connectivity index (χ2n) is 6.06. The summed E-state index contributed by atoms with van der Waals surface area (Å²) < 4.78 is 10.5. The predicted molar refractivity (Wildman–Crippen MR) is 103 cm³/mol. The molecule has 1 aromatic heterocycles. The van der Waals surface area contributed by atoms with E-state index in [0.29, 0.717) is 23.6 Å². The van der Waals surface area contributed by atoms with Crippen molar-refractivity contribution in [2.75, 3.05) is 20.8 Å². The van der Waals surface area contributed by atoms with Gasteiger partial charge in [-0.25, -0.2) is 4.98 Å². The van der Waals surface area contributed by atoms with Gasteiger partial charge in [-0.1, -0.05) is 6.92 Å². The number of carboxylic acid groups (broad SMARTS) is 1. The highest BCUT2D eigenvalue weighted by Gasteiger charge is 2.22. The third kappa shape index (κ3) is 5.19. The van der Waals surface area contributed by atoms with Crippen LogP contribution in [0, 0.1) is 0 Å². The van der Waals surface area contributed by atoms with Crippen molar-refractivity contribution in [1.29, 1.82) is 0 Å². The van der Waals surface area contributed by atoms with Gasteiger partial charge in [-0.05, 0) is 31.5 Å². The molecule has 27 heavy (non-hydrogen) atoms. The van der Waals surface area contributed by atoms with E-state index in [1.165, 1.54) is 16.2 Å². The van der Waals surface area contributed by atoms with Crippen LogP contribution in [0.4, 0.5) is 0 Å². The molecule has 7 nitrogen and oxygen atoms in total. The Bertz CT molecular complexity index is 805. The van der Waals surface area contributed by atoms with Gasteiger partial charge in [-0.15, -0.1) is 11.3 Å². The van der Waals surface area contributed by atoms with Gasteiger partial charge >= 0.3 is 5.97 Å². The Balaban J connectivity index is 2.17. The predicted octanol–water partition coefficient (Wildman–Crippen LogP) is 3.08. The van der Waals surface area contributed by atoms with E-state index in [4.69, 9.17) is 14.6 Å². The second kappa shape index (κ2) is 9.36. The first-order chi connectivity index (χ1) is 12.9. The molecule has 0 fully saturated rings. The summed E-state index contributed by atoms with van der Waals surface area (Å²) >= 11 is 1.42. The maximum Gasteiger partial charge on any atom is 0.323 e. The number of carbonyl (C=O) groups is 2. The van der Waals surface area contributed by atoms with Crippen molar-refractivity contribution >= 4 is 23.2 Å². The highest BCUT2D eigenvalue weighted by molar-refractivity contribution is 7.13. The van der Waals surface area contributed by atoms with Crippen LogP contribution in [-0.2, 0) is 16.0 Å². The molecule has 1 unspecified atom stereocenters. The van der Waals surface area contributed by atoms with Crippen LogP contribution in [0.15, 0.2) is 23.6 Å². The van der Waals surface area contributed by atoms with E-state index in [1.807, 2.05) is 31.4 Å². The molecule has 1 N–H and O–H groups in total. The van der Waals surface area contributed by atoms with Crippen molar-refractivity contribution in [3.63, 3.8) is 0 Å². The highest BCUT2D eigenvalue weighted by atomic mass is 32.1. The summed E-state index contributed by atoms with van der Waals surface area (Å²) in [5, 5.41) is 11.6. The molecule has 1 amide bonds.